The van der Waals surface area contributed by atoms with Crippen molar-refractivity contribution in [2.75, 3.05) is 38.5 Å². The minimum Gasteiger partial charge on any atom is -0.497 e. The number of para-hydroxylation sites is 1. The number of hydrogen-bond acceptors (Lipinski definition) is 7. The number of hydrogen-bond donors (Lipinski definition) is 1. The van der Waals surface area contributed by atoms with E-state index in [1.54, 1.807) is 37.8 Å². The van der Waals surface area contributed by atoms with Crippen molar-refractivity contribution in [2.45, 2.75) is 13.0 Å². The first-order valence-corrected chi connectivity index (χ1v) is 13.5. The number of ether oxygens (including phenoxy) is 2. The first-order valence-electron chi connectivity index (χ1n) is 12.7. The number of anilines is 2. The molecule has 0 aliphatic carbocycles. The van der Waals surface area contributed by atoms with E-state index in [-0.39, 0.29) is 11.5 Å². The summed E-state index contributed by atoms with van der Waals surface area (Å²) >= 11 is 1.29. The number of aromatic nitrogens is 1. The highest BCUT2D eigenvalue weighted by molar-refractivity contribution is 7.07. The van der Waals surface area contributed by atoms with Crippen LogP contribution in [0.2, 0.25) is 0 Å². The summed E-state index contributed by atoms with van der Waals surface area (Å²) in [6.07, 6.45) is 1.86. The topological polar surface area (TPSA) is 85.2 Å². The van der Waals surface area contributed by atoms with Gasteiger partial charge in [0.05, 0.1) is 30.0 Å². The lowest BCUT2D eigenvalue weighted by atomic mass is 9.94. The highest BCUT2D eigenvalue weighted by atomic mass is 32.1. The Hall–Kier alpha value is -4.63. The summed E-state index contributed by atoms with van der Waals surface area (Å²) < 4.78 is 13.2. The van der Waals surface area contributed by atoms with E-state index in [0.717, 1.165) is 11.3 Å². The number of benzene rings is 3. The SMILES string of the molecule is COc1ccc([C@H]2C(C(=O)Nc3ccccc3)=C(C)N=c3s/c(=C\c4ccc(N(C)C)cc4)c(=O)n32)c(OC)c1. The van der Waals surface area contributed by atoms with E-state index in [9.17, 15) is 9.59 Å². The first kappa shape index (κ1) is 27.0. The molecule has 1 aromatic heterocycles. The van der Waals surface area contributed by atoms with Gasteiger partial charge in [0.1, 0.15) is 17.5 Å². The van der Waals surface area contributed by atoms with Crippen molar-refractivity contribution in [3.8, 4) is 11.5 Å². The maximum absolute atomic E-state index is 14.0. The molecule has 0 unspecified atom stereocenters. The molecule has 0 spiro atoms. The van der Waals surface area contributed by atoms with Crippen LogP contribution in [0.25, 0.3) is 6.08 Å². The van der Waals surface area contributed by atoms with E-state index in [1.165, 1.54) is 11.3 Å². The van der Waals surface area contributed by atoms with Crippen molar-refractivity contribution in [2.24, 2.45) is 4.99 Å². The maximum atomic E-state index is 14.0. The summed E-state index contributed by atoms with van der Waals surface area (Å²) in [5.41, 5.74) is 3.91. The molecule has 1 atom stereocenters. The number of nitrogens with zero attached hydrogens (tertiary/aromatic N) is 3. The molecule has 204 valence electrons. The number of fused-ring (bicyclic) bond motifs is 1. The molecule has 1 amide bonds. The van der Waals surface area contributed by atoms with Gasteiger partial charge in [-0.15, -0.1) is 0 Å². The number of amides is 1. The largest absolute Gasteiger partial charge is 0.497 e. The molecular weight excluding hydrogens is 524 g/mol. The Bertz CT molecular complexity index is 1770. The van der Waals surface area contributed by atoms with E-state index < -0.39 is 6.04 Å². The van der Waals surface area contributed by atoms with Crippen molar-refractivity contribution < 1.29 is 14.3 Å². The van der Waals surface area contributed by atoms with Crippen LogP contribution in [-0.2, 0) is 4.79 Å². The van der Waals surface area contributed by atoms with Gasteiger partial charge in [0.15, 0.2) is 4.80 Å². The number of allylic oxidation sites excluding steroid dienone is 1. The van der Waals surface area contributed by atoms with Gasteiger partial charge in [-0.05, 0) is 55.0 Å². The van der Waals surface area contributed by atoms with Crippen LogP contribution in [0, 0.1) is 0 Å². The highest BCUT2D eigenvalue weighted by Gasteiger charge is 2.34. The number of thiazole rings is 1. The van der Waals surface area contributed by atoms with Crippen LogP contribution < -0.4 is 34.6 Å². The van der Waals surface area contributed by atoms with Crippen molar-refractivity contribution in [3.05, 3.63) is 115 Å². The predicted octanol–water partition coefficient (Wildman–Crippen LogP) is 3.96. The molecule has 1 N–H and O–H groups in total. The van der Waals surface area contributed by atoms with Crippen molar-refractivity contribution in [3.63, 3.8) is 0 Å². The number of nitrogens with one attached hydrogen (secondary N) is 1. The molecular formula is C31H30N4O4S. The van der Waals surface area contributed by atoms with E-state index in [4.69, 9.17) is 14.5 Å². The van der Waals surface area contributed by atoms with Gasteiger partial charge in [-0.1, -0.05) is 41.7 Å². The zero-order chi connectivity index (χ0) is 28.4. The zero-order valence-electron chi connectivity index (χ0n) is 23.0. The van der Waals surface area contributed by atoms with Crippen LogP contribution in [0.1, 0.15) is 24.1 Å². The minimum atomic E-state index is -0.765. The van der Waals surface area contributed by atoms with Crippen molar-refractivity contribution in [1.29, 1.82) is 0 Å². The molecule has 40 heavy (non-hydrogen) atoms. The van der Waals surface area contributed by atoms with Gasteiger partial charge < -0.3 is 19.7 Å². The molecule has 0 saturated carbocycles. The van der Waals surface area contributed by atoms with Crippen LogP contribution in [0.4, 0.5) is 11.4 Å². The molecule has 0 radical (unpaired) electrons. The molecule has 1 aliphatic rings. The summed E-state index contributed by atoms with van der Waals surface area (Å²) in [6, 6.07) is 21.8. The van der Waals surface area contributed by atoms with E-state index in [1.807, 2.05) is 85.7 Å². The molecule has 0 bridgehead atoms. The van der Waals surface area contributed by atoms with Gasteiger partial charge >= 0.3 is 0 Å². The first-order chi connectivity index (χ1) is 19.3. The van der Waals surface area contributed by atoms with Crippen molar-refractivity contribution >= 4 is 34.7 Å². The van der Waals surface area contributed by atoms with Crippen LogP contribution in [0.15, 0.2) is 93.9 Å². The lowest BCUT2D eigenvalue weighted by molar-refractivity contribution is -0.113. The second-order valence-electron chi connectivity index (χ2n) is 9.50. The number of carbonyl (C=O) groups is 1. The Morgan fingerprint density at radius 2 is 1.75 bits per heavy atom. The van der Waals surface area contributed by atoms with Gasteiger partial charge in [-0.2, -0.15) is 0 Å². The van der Waals surface area contributed by atoms with Crippen LogP contribution in [-0.4, -0.2) is 38.8 Å². The van der Waals surface area contributed by atoms with Crippen LogP contribution in [0.3, 0.4) is 0 Å². The lowest BCUT2D eigenvalue weighted by Gasteiger charge is -2.26. The van der Waals surface area contributed by atoms with E-state index in [0.29, 0.717) is 43.4 Å². The molecule has 9 heteroatoms. The fourth-order valence-corrected chi connectivity index (χ4v) is 5.74. The standard InChI is InChI=1S/C31H30N4O4S/c1-19-27(29(36)33-21-9-7-6-8-10-21)28(24-16-15-23(38-4)18-25(24)39-5)35-30(37)26(40-31(35)32-19)17-20-11-13-22(14-12-20)34(2)3/h6-18,28H,1-5H3,(H,33,36)/b26-17-/t28-/m0/s1. The summed E-state index contributed by atoms with van der Waals surface area (Å²) in [5.74, 6) is 0.756. The van der Waals surface area contributed by atoms with Gasteiger partial charge in [0.2, 0.25) is 0 Å². The maximum Gasteiger partial charge on any atom is 0.271 e. The highest BCUT2D eigenvalue weighted by Crippen LogP contribution is 2.37. The van der Waals surface area contributed by atoms with Gasteiger partial charge in [-0.3, -0.25) is 14.2 Å². The second kappa shape index (κ2) is 11.2. The van der Waals surface area contributed by atoms with Gasteiger partial charge in [0, 0.05) is 37.1 Å². The number of rotatable bonds is 7. The van der Waals surface area contributed by atoms with Gasteiger partial charge in [-0.25, -0.2) is 4.99 Å². The molecule has 8 nitrogen and oxygen atoms in total. The Morgan fingerprint density at radius 3 is 2.40 bits per heavy atom. The Morgan fingerprint density at radius 1 is 1.02 bits per heavy atom. The Kier molecular flexibility index (Phi) is 7.57. The fraction of sp³-hybridized carbons (Fsp3) is 0.194. The predicted molar refractivity (Wildman–Crippen MR) is 159 cm³/mol. The normalized spacial score (nSPS) is 14.8. The summed E-state index contributed by atoms with van der Waals surface area (Å²) in [4.78, 5) is 35.0. The third-order valence-corrected chi connectivity index (χ3v) is 7.72. The quantitative estimate of drug-likeness (QED) is 0.374. The molecule has 3 aromatic carbocycles. The van der Waals surface area contributed by atoms with E-state index in [2.05, 4.69) is 5.32 Å². The molecule has 4 aromatic rings. The summed E-state index contributed by atoms with van der Waals surface area (Å²) in [5, 5.41) is 2.97. The Balaban J connectivity index is 1.69. The smallest absolute Gasteiger partial charge is 0.271 e. The Labute approximate surface area is 236 Å². The third-order valence-electron chi connectivity index (χ3n) is 6.74. The molecule has 5 rings (SSSR count). The minimum absolute atomic E-state index is 0.235. The van der Waals surface area contributed by atoms with Crippen LogP contribution in [0.5, 0.6) is 11.5 Å². The molecule has 2 heterocycles. The zero-order valence-corrected chi connectivity index (χ0v) is 23.8. The summed E-state index contributed by atoms with van der Waals surface area (Å²) in [6.45, 7) is 1.79. The number of carbonyl (C=O) groups excluding carboxylic acids is 1. The average molecular weight is 555 g/mol. The average Bonchev–Trinajstić information content (AvgIpc) is 3.26. The second-order valence-corrected chi connectivity index (χ2v) is 10.5. The molecule has 1 aliphatic heterocycles. The summed E-state index contributed by atoms with van der Waals surface area (Å²) in [7, 11) is 7.09. The van der Waals surface area contributed by atoms with Crippen molar-refractivity contribution in [1.82, 2.24) is 4.57 Å². The molecule has 0 fully saturated rings. The molecule has 0 saturated heterocycles. The van der Waals surface area contributed by atoms with E-state index >= 15 is 0 Å². The van der Waals surface area contributed by atoms with Gasteiger partial charge in [0.25, 0.3) is 11.5 Å². The number of methoxy groups -OCH3 is 2. The fourth-order valence-electron chi connectivity index (χ4n) is 4.69. The lowest BCUT2D eigenvalue weighted by Crippen LogP contribution is -2.40. The monoisotopic (exact) mass is 554 g/mol. The van der Waals surface area contributed by atoms with Crippen LogP contribution >= 0.6 is 11.3 Å². The third kappa shape index (κ3) is 5.15.